The smallest absolute Gasteiger partial charge is 0.123 e. The number of hydrogen-bond acceptors (Lipinski definition) is 4. The summed E-state index contributed by atoms with van der Waals surface area (Å²) in [5.74, 6) is 5.28. The molecule has 0 fully saturated rings. The second kappa shape index (κ2) is 5.03. The Hall–Kier alpha value is -1.79. The lowest BCUT2D eigenvalue weighted by molar-refractivity contribution is 0.506. The Morgan fingerprint density at radius 2 is 2.12 bits per heavy atom. The van der Waals surface area contributed by atoms with Gasteiger partial charge in [0.2, 0.25) is 0 Å². The minimum atomic E-state index is -0.242. The summed E-state index contributed by atoms with van der Waals surface area (Å²) in [4.78, 5) is 0. The summed E-state index contributed by atoms with van der Waals surface area (Å²) >= 11 is 0. The average Bonchev–Trinajstić information content (AvgIpc) is 2.75. The van der Waals surface area contributed by atoms with Crippen molar-refractivity contribution in [1.29, 1.82) is 0 Å². The first-order chi connectivity index (χ1) is 8.20. The zero-order valence-corrected chi connectivity index (χ0v) is 9.47. The number of rotatable bonds is 4. The van der Waals surface area contributed by atoms with Crippen molar-refractivity contribution in [3.05, 3.63) is 47.5 Å². The van der Waals surface area contributed by atoms with Crippen LogP contribution in [0.2, 0.25) is 0 Å². The van der Waals surface area contributed by atoms with Crippen LogP contribution in [0.1, 0.15) is 17.3 Å². The third-order valence-electron chi connectivity index (χ3n) is 2.66. The molecular formula is C11H14FN5. The molecule has 5 nitrogen and oxygen atoms in total. The number of nitrogens with one attached hydrogen (secondary N) is 1. The Morgan fingerprint density at radius 3 is 2.65 bits per heavy atom. The Bertz CT molecular complexity index is 479. The van der Waals surface area contributed by atoms with Gasteiger partial charge in [-0.2, -0.15) is 0 Å². The summed E-state index contributed by atoms with van der Waals surface area (Å²) in [5, 5.41) is 7.66. The second-order valence-electron chi connectivity index (χ2n) is 3.83. The number of nitrogens with zero attached hydrogens (tertiary/aromatic N) is 3. The number of hydrogen-bond donors (Lipinski definition) is 2. The molecular weight excluding hydrogens is 221 g/mol. The highest BCUT2D eigenvalue weighted by Gasteiger charge is 2.14. The van der Waals surface area contributed by atoms with E-state index in [-0.39, 0.29) is 11.9 Å². The van der Waals surface area contributed by atoms with Crippen LogP contribution in [0.25, 0.3) is 0 Å². The van der Waals surface area contributed by atoms with Crippen molar-refractivity contribution < 1.29 is 4.39 Å². The predicted molar refractivity (Wildman–Crippen MR) is 61.2 cm³/mol. The van der Waals surface area contributed by atoms with E-state index in [1.165, 1.54) is 12.1 Å². The van der Waals surface area contributed by atoms with Crippen LogP contribution in [-0.4, -0.2) is 15.0 Å². The lowest BCUT2D eigenvalue weighted by Gasteiger charge is -2.15. The first-order valence-electron chi connectivity index (χ1n) is 5.26. The summed E-state index contributed by atoms with van der Waals surface area (Å²) in [6, 6.07) is 6.25. The van der Waals surface area contributed by atoms with Crippen LogP contribution in [0, 0.1) is 5.82 Å². The predicted octanol–water partition coefficient (Wildman–Crippen LogP) is 0.701. The monoisotopic (exact) mass is 235 g/mol. The van der Waals surface area contributed by atoms with E-state index in [4.69, 9.17) is 5.84 Å². The standard InChI is InChI=1S/C11H14FN5/c1-17-11(7-14-16-17)10(15-13)6-8-2-4-9(12)5-3-8/h2-5,7,10,15H,6,13H2,1H3. The minimum absolute atomic E-state index is 0.0968. The van der Waals surface area contributed by atoms with E-state index in [0.29, 0.717) is 6.42 Å². The van der Waals surface area contributed by atoms with Crippen LogP contribution in [0.5, 0.6) is 0 Å². The zero-order valence-electron chi connectivity index (χ0n) is 9.47. The van der Waals surface area contributed by atoms with E-state index in [1.807, 2.05) is 0 Å². The SMILES string of the molecule is Cn1nncc1C(Cc1ccc(F)cc1)NN. The van der Waals surface area contributed by atoms with Crippen molar-refractivity contribution in [1.82, 2.24) is 20.4 Å². The molecule has 6 heteroatoms. The van der Waals surface area contributed by atoms with Gasteiger partial charge in [-0.15, -0.1) is 5.10 Å². The molecule has 1 atom stereocenters. The largest absolute Gasteiger partial charge is 0.271 e. The molecule has 1 aromatic carbocycles. The topological polar surface area (TPSA) is 68.8 Å². The Morgan fingerprint density at radius 1 is 1.41 bits per heavy atom. The van der Waals surface area contributed by atoms with Crippen molar-refractivity contribution in [2.75, 3.05) is 0 Å². The quantitative estimate of drug-likeness (QED) is 0.604. The van der Waals surface area contributed by atoms with Gasteiger partial charge in [0.15, 0.2) is 0 Å². The third-order valence-corrected chi connectivity index (χ3v) is 2.66. The van der Waals surface area contributed by atoms with Gasteiger partial charge < -0.3 is 0 Å². The average molecular weight is 235 g/mol. The maximum absolute atomic E-state index is 12.8. The van der Waals surface area contributed by atoms with Gasteiger partial charge in [-0.25, -0.2) is 4.39 Å². The van der Waals surface area contributed by atoms with Gasteiger partial charge in [0.05, 0.1) is 17.9 Å². The van der Waals surface area contributed by atoms with Crippen LogP contribution in [0.4, 0.5) is 4.39 Å². The fourth-order valence-electron chi connectivity index (χ4n) is 1.72. The first kappa shape index (κ1) is 11.7. The number of hydrazine groups is 1. The van der Waals surface area contributed by atoms with Crippen molar-refractivity contribution in [3.63, 3.8) is 0 Å². The molecule has 1 heterocycles. The van der Waals surface area contributed by atoms with E-state index in [1.54, 1.807) is 30.1 Å². The molecule has 3 N–H and O–H groups in total. The van der Waals surface area contributed by atoms with E-state index in [9.17, 15) is 4.39 Å². The molecule has 0 aliphatic carbocycles. The second-order valence-corrected chi connectivity index (χ2v) is 3.83. The molecule has 0 radical (unpaired) electrons. The van der Waals surface area contributed by atoms with Gasteiger partial charge in [0.25, 0.3) is 0 Å². The lowest BCUT2D eigenvalue weighted by Crippen LogP contribution is -2.31. The molecule has 0 aliphatic heterocycles. The highest BCUT2D eigenvalue weighted by atomic mass is 19.1. The molecule has 0 saturated carbocycles. The van der Waals surface area contributed by atoms with Gasteiger partial charge in [-0.1, -0.05) is 17.3 Å². The van der Waals surface area contributed by atoms with Crippen LogP contribution in [0.15, 0.2) is 30.5 Å². The highest BCUT2D eigenvalue weighted by Crippen LogP contribution is 2.16. The summed E-state index contributed by atoms with van der Waals surface area (Å²) in [7, 11) is 1.80. The van der Waals surface area contributed by atoms with Crippen LogP contribution in [-0.2, 0) is 13.5 Å². The third kappa shape index (κ3) is 2.66. The molecule has 1 unspecified atom stereocenters. The fraction of sp³-hybridized carbons (Fsp3) is 0.273. The summed E-state index contributed by atoms with van der Waals surface area (Å²) in [6.45, 7) is 0. The van der Waals surface area contributed by atoms with Crippen molar-refractivity contribution in [2.24, 2.45) is 12.9 Å². The fourth-order valence-corrected chi connectivity index (χ4v) is 1.72. The number of nitrogens with two attached hydrogens (primary N) is 1. The molecule has 1 aromatic heterocycles. The number of benzene rings is 1. The molecule has 0 amide bonds. The van der Waals surface area contributed by atoms with Gasteiger partial charge in [-0.3, -0.25) is 16.0 Å². The number of aryl methyl sites for hydroxylation is 1. The maximum atomic E-state index is 12.8. The molecule has 0 spiro atoms. The Balaban J connectivity index is 2.16. The van der Waals surface area contributed by atoms with Crippen LogP contribution >= 0.6 is 0 Å². The van der Waals surface area contributed by atoms with Crippen molar-refractivity contribution in [3.8, 4) is 0 Å². The minimum Gasteiger partial charge on any atom is -0.271 e. The van der Waals surface area contributed by atoms with Gasteiger partial charge in [0, 0.05) is 7.05 Å². The van der Waals surface area contributed by atoms with Crippen LogP contribution in [0.3, 0.4) is 0 Å². The normalized spacial score (nSPS) is 12.6. The Labute approximate surface area is 98.4 Å². The lowest BCUT2D eigenvalue weighted by atomic mass is 10.0. The molecule has 2 rings (SSSR count). The molecule has 90 valence electrons. The van der Waals surface area contributed by atoms with Crippen molar-refractivity contribution >= 4 is 0 Å². The van der Waals surface area contributed by atoms with Crippen molar-refractivity contribution in [2.45, 2.75) is 12.5 Å². The van der Waals surface area contributed by atoms with E-state index in [2.05, 4.69) is 15.7 Å². The molecule has 0 saturated heterocycles. The van der Waals surface area contributed by atoms with Crippen LogP contribution < -0.4 is 11.3 Å². The number of aromatic nitrogens is 3. The summed E-state index contributed by atoms with van der Waals surface area (Å²) in [5.41, 5.74) is 4.60. The molecule has 0 bridgehead atoms. The van der Waals surface area contributed by atoms with E-state index < -0.39 is 0 Å². The number of halogens is 1. The van der Waals surface area contributed by atoms with E-state index >= 15 is 0 Å². The van der Waals surface area contributed by atoms with Gasteiger partial charge in [0.1, 0.15) is 5.82 Å². The highest BCUT2D eigenvalue weighted by molar-refractivity contribution is 5.19. The summed E-state index contributed by atoms with van der Waals surface area (Å²) in [6.07, 6.45) is 2.31. The Kier molecular flexibility index (Phi) is 3.46. The summed E-state index contributed by atoms with van der Waals surface area (Å²) < 4.78 is 14.4. The molecule has 2 aromatic rings. The van der Waals surface area contributed by atoms with Gasteiger partial charge >= 0.3 is 0 Å². The molecule has 0 aliphatic rings. The van der Waals surface area contributed by atoms with Gasteiger partial charge in [-0.05, 0) is 24.1 Å². The van der Waals surface area contributed by atoms with E-state index in [0.717, 1.165) is 11.3 Å². The first-order valence-corrected chi connectivity index (χ1v) is 5.26. The maximum Gasteiger partial charge on any atom is 0.123 e. The zero-order chi connectivity index (χ0) is 12.3. The molecule has 17 heavy (non-hydrogen) atoms.